The second-order valence-corrected chi connectivity index (χ2v) is 6.54. The van der Waals surface area contributed by atoms with Crippen molar-refractivity contribution in [3.63, 3.8) is 0 Å². The Balaban J connectivity index is 0.00000341. The summed E-state index contributed by atoms with van der Waals surface area (Å²) in [6.07, 6.45) is -0.0514. The van der Waals surface area contributed by atoms with E-state index in [0.29, 0.717) is 17.1 Å². The molecule has 2 aromatic carbocycles. The van der Waals surface area contributed by atoms with Gasteiger partial charge >= 0.3 is 5.97 Å². The molecule has 0 fully saturated rings. The number of hydrogen-bond acceptors (Lipinski definition) is 6. The average molecular weight is 445 g/mol. The number of fused-ring (bicyclic) bond motifs is 1. The van der Waals surface area contributed by atoms with Crippen molar-refractivity contribution < 1.29 is 23.5 Å². The number of furan rings is 1. The van der Waals surface area contributed by atoms with Crippen LogP contribution in [0, 0.1) is 5.41 Å². The van der Waals surface area contributed by atoms with Gasteiger partial charge in [-0.3, -0.25) is 15.0 Å². The molecule has 0 aliphatic heterocycles. The number of carbonyl (C=O) groups is 3. The lowest BCUT2D eigenvalue weighted by atomic mass is 10.1. The fraction of sp³-hybridized carbons (Fsp3) is 0.143. The molecular weight excluding hydrogens is 424 g/mol. The highest BCUT2D eigenvalue weighted by molar-refractivity contribution is 5.99. The number of carbonyl (C=O) groups excluding carboxylic acids is 3. The van der Waals surface area contributed by atoms with Gasteiger partial charge in [0, 0.05) is 18.4 Å². The molecule has 162 valence electrons. The van der Waals surface area contributed by atoms with Crippen LogP contribution >= 0.6 is 12.4 Å². The van der Waals surface area contributed by atoms with E-state index in [4.69, 9.17) is 26.0 Å². The molecule has 1 aromatic heterocycles. The van der Waals surface area contributed by atoms with Gasteiger partial charge in [0.05, 0.1) is 6.54 Å². The normalized spacial score (nSPS) is 10.2. The van der Waals surface area contributed by atoms with E-state index in [1.807, 2.05) is 0 Å². The minimum Gasteiger partial charge on any atom is -0.452 e. The van der Waals surface area contributed by atoms with Gasteiger partial charge in [0.2, 0.25) is 17.6 Å². The summed E-state index contributed by atoms with van der Waals surface area (Å²) in [5.74, 6) is -0.917. The average Bonchev–Trinajstić information content (AvgIpc) is 3.19. The highest BCUT2D eigenvalue weighted by Crippen LogP contribution is 2.23. The summed E-state index contributed by atoms with van der Waals surface area (Å²) >= 11 is 0. The zero-order valence-electron chi connectivity index (χ0n) is 16.3. The number of ether oxygens (including phenoxy) is 1. The third-order valence-corrected chi connectivity index (χ3v) is 4.25. The molecule has 0 radical (unpaired) electrons. The molecule has 0 spiro atoms. The molecule has 31 heavy (non-hydrogen) atoms. The number of nitrogens with two attached hydrogens (primary N) is 2. The Labute approximate surface area is 183 Å². The summed E-state index contributed by atoms with van der Waals surface area (Å²) in [6, 6.07) is 13.4. The molecule has 0 aliphatic rings. The summed E-state index contributed by atoms with van der Waals surface area (Å²) in [4.78, 5) is 34.6. The van der Waals surface area contributed by atoms with Crippen LogP contribution in [0.15, 0.2) is 52.9 Å². The lowest BCUT2D eigenvalue weighted by Crippen LogP contribution is -2.24. The first-order chi connectivity index (χ1) is 14.3. The highest BCUT2D eigenvalue weighted by Gasteiger charge is 2.15. The third kappa shape index (κ3) is 6.31. The van der Waals surface area contributed by atoms with E-state index in [2.05, 4.69) is 5.32 Å². The molecule has 0 aliphatic carbocycles. The van der Waals surface area contributed by atoms with Crippen LogP contribution in [-0.2, 0) is 16.1 Å². The van der Waals surface area contributed by atoms with Crippen LogP contribution in [-0.4, -0.2) is 23.6 Å². The van der Waals surface area contributed by atoms with Gasteiger partial charge in [-0.15, -0.1) is 12.4 Å². The number of nitrogens with one attached hydrogen (secondary N) is 2. The van der Waals surface area contributed by atoms with Gasteiger partial charge in [0.1, 0.15) is 17.3 Å². The maximum absolute atomic E-state index is 12.3. The van der Waals surface area contributed by atoms with E-state index in [1.165, 1.54) is 6.07 Å². The van der Waals surface area contributed by atoms with E-state index in [-0.39, 0.29) is 49.3 Å². The van der Waals surface area contributed by atoms with Crippen molar-refractivity contribution >= 4 is 46.8 Å². The number of hydrogen-bond donors (Lipinski definition) is 4. The first kappa shape index (κ1) is 23.4. The van der Waals surface area contributed by atoms with Gasteiger partial charge < -0.3 is 25.9 Å². The van der Waals surface area contributed by atoms with E-state index in [9.17, 15) is 14.4 Å². The van der Waals surface area contributed by atoms with Crippen LogP contribution < -0.4 is 21.5 Å². The zero-order valence-corrected chi connectivity index (χ0v) is 17.2. The molecule has 0 bridgehead atoms. The van der Waals surface area contributed by atoms with E-state index >= 15 is 0 Å². The number of esters is 1. The predicted octanol–water partition coefficient (Wildman–Crippen LogP) is 2.24. The maximum atomic E-state index is 12.3. The van der Waals surface area contributed by atoms with Gasteiger partial charge in [-0.05, 0) is 41.1 Å². The Hall–Kier alpha value is -3.85. The quantitative estimate of drug-likeness (QED) is 0.180. The number of rotatable bonds is 8. The summed E-state index contributed by atoms with van der Waals surface area (Å²) in [5.41, 5.74) is 11.1. The van der Waals surface area contributed by atoms with Crippen LogP contribution in [0.4, 0.5) is 0 Å². The fourth-order valence-electron chi connectivity index (χ4n) is 2.71. The Kier molecular flexibility index (Phi) is 7.75. The summed E-state index contributed by atoms with van der Waals surface area (Å²) in [6.45, 7) is 0.0688. The Morgan fingerprint density at radius 1 is 0.968 bits per heavy atom. The fourth-order valence-corrected chi connectivity index (χ4v) is 2.71. The molecule has 0 atom stereocenters. The lowest BCUT2D eigenvalue weighted by Gasteiger charge is -2.06. The predicted molar refractivity (Wildman–Crippen MR) is 116 cm³/mol. The van der Waals surface area contributed by atoms with Crippen molar-refractivity contribution in [1.82, 2.24) is 5.32 Å². The molecule has 6 N–H and O–H groups in total. The van der Waals surface area contributed by atoms with Crippen molar-refractivity contribution in [2.24, 2.45) is 11.5 Å². The Bertz CT molecular complexity index is 1140. The molecule has 2 amide bonds. The number of benzene rings is 2. The molecule has 3 rings (SSSR count). The second-order valence-electron chi connectivity index (χ2n) is 6.54. The van der Waals surface area contributed by atoms with E-state index in [1.54, 1.807) is 42.5 Å². The Morgan fingerprint density at radius 2 is 1.68 bits per heavy atom. The van der Waals surface area contributed by atoms with E-state index < -0.39 is 11.9 Å². The number of amidine groups is 1. The molecule has 3 aromatic rings. The first-order valence-electron chi connectivity index (χ1n) is 9.06. The number of amides is 2. The van der Waals surface area contributed by atoms with Crippen LogP contribution in [0.2, 0.25) is 0 Å². The molecular formula is C21H21ClN4O5. The van der Waals surface area contributed by atoms with Gasteiger partial charge in [0.15, 0.2) is 0 Å². The van der Waals surface area contributed by atoms with Crippen LogP contribution in [0.5, 0.6) is 5.75 Å². The second kappa shape index (κ2) is 10.3. The van der Waals surface area contributed by atoms with Crippen LogP contribution in [0.3, 0.4) is 0 Å². The smallest absolute Gasteiger partial charge is 0.379 e. The van der Waals surface area contributed by atoms with Gasteiger partial charge in [-0.1, -0.05) is 18.2 Å². The summed E-state index contributed by atoms with van der Waals surface area (Å²) < 4.78 is 10.8. The van der Waals surface area contributed by atoms with Crippen molar-refractivity contribution in [3.05, 3.63) is 65.6 Å². The zero-order chi connectivity index (χ0) is 21.7. The largest absolute Gasteiger partial charge is 0.452 e. The number of halogens is 1. The topological polar surface area (TPSA) is 162 Å². The molecule has 9 nitrogen and oxygen atoms in total. The van der Waals surface area contributed by atoms with Crippen molar-refractivity contribution in [3.8, 4) is 5.75 Å². The number of primary amides is 1. The molecule has 0 saturated heterocycles. The van der Waals surface area contributed by atoms with Crippen molar-refractivity contribution in [1.29, 1.82) is 5.41 Å². The standard InChI is InChI=1S/C21H20N4O5.ClH/c22-18(26)7-8-19(27)25-11-16-5-6-17(29-16)21(28)30-15-4-3-12-9-14(20(23)24)2-1-13(12)10-15;/h1-6,9-10H,7-8,11H2,(H2,22,26)(H3,23,24)(H,25,27);1H. The minimum absolute atomic E-state index is 0. The monoisotopic (exact) mass is 444 g/mol. The van der Waals surface area contributed by atoms with Gasteiger partial charge in [-0.25, -0.2) is 4.79 Å². The SMILES string of the molecule is Cl.N=C(N)c1ccc2cc(OC(=O)c3ccc(CNC(=O)CCC(N)=O)o3)ccc2c1. The lowest BCUT2D eigenvalue weighted by molar-refractivity contribution is -0.125. The highest BCUT2D eigenvalue weighted by atomic mass is 35.5. The summed E-state index contributed by atoms with van der Waals surface area (Å²) in [7, 11) is 0. The van der Waals surface area contributed by atoms with Gasteiger partial charge in [0.25, 0.3) is 0 Å². The number of nitrogen functional groups attached to an aromatic ring is 1. The molecule has 0 saturated carbocycles. The molecule has 0 unspecified atom stereocenters. The third-order valence-electron chi connectivity index (χ3n) is 4.25. The van der Waals surface area contributed by atoms with Crippen molar-refractivity contribution in [2.45, 2.75) is 19.4 Å². The van der Waals surface area contributed by atoms with Gasteiger partial charge in [-0.2, -0.15) is 0 Å². The van der Waals surface area contributed by atoms with Crippen LogP contribution in [0.25, 0.3) is 10.8 Å². The van der Waals surface area contributed by atoms with E-state index in [0.717, 1.165) is 10.8 Å². The first-order valence-corrected chi connectivity index (χ1v) is 9.06. The van der Waals surface area contributed by atoms with Crippen molar-refractivity contribution in [2.75, 3.05) is 0 Å². The maximum Gasteiger partial charge on any atom is 0.379 e. The molecule has 10 heteroatoms. The summed E-state index contributed by atoms with van der Waals surface area (Å²) in [5, 5.41) is 11.7. The minimum atomic E-state index is -0.680. The van der Waals surface area contributed by atoms with Crippen LogP contribution in [0.1, 0.15) is 34.7 Å². The molecule has 1 heterocycles. The Morgan fingerprint density at radius 3 is 2.39 bits per heavy atom.